The van der Waals surface area contributed by atoms with Crippen LogP contribution in [0.1, 0.15) is 36.9 Å². The quantitative estimate of drug-likeness (QED) is 0.479. The van der Waals surface area contributed by atoms with Gasteiger partial charge in [0.05, 0.1) is 5.69 Å². The molecule has 4 nitrogen and oxygen atoms in total. The normalized spacial score (nSPS) is 23.7. The number of aromatic nitrogens is 1. The zero-order valence-electron chi connectivity index (χ0n) is 15.5. The first-order valence-corrected chi connectivity index (χ1v) is 11.3. The van der Waals surface area contributed by atoms with Crippen LogP contribution in [-0.2, 0) is 0 Å². The average Bonchev–Trinajstić information content (AvgIpc) is 3.44. The maximum Gasteiger partial charge on any atom is 0.161 e. The second-order valence-electron chi connectivity index (χ2n) is 7.05. The van der Waals surface area contributed by atoms with E-state index in [1.54, 1.807) is 0 Å². The summed E-state index contributed by atoms with van der Waals surface area (Å²) in [5, 5.41) is 1.12. The van der Waals surface area contributed by atoms with Gasteiger partial charge in [-0.3, -0.25) is 4.98 Å². The lowest BCUT2D eigenvalue weighted by atomic mass is 10.0. The van der Waals surface area contributed by atoms with Gasteiger partial charge >= 0.3 is 0 Å². The van der Waals surface area contributed by atoms with Gasteiger partial charge in [0.15, 0.2) is 5.17 Å². The van der Waals surface area contributed by atoms with E-state index in [1.165, 1.54) is 0 Å². The molecule has 5 rings (SSSR count). The van der Waals surface area contributed by atoms with E-state index < -0.39 is 0 Å². The number of furan rings is 1. The fourth-order valence-electron chi connectivity index (χ4n) is 3.94. The molecule has 0 unspecified atom stereocenters. The Labute approximate surface area is 177 Å². The molecule has 0 spiro atoms. The van der Waals surface area contributed by atoms with Gasteiger partial charge in [-0.05, 0) is 42.8 Å². The summed E-state index contributed by atoms with van der Waals surface area (Å²) in [7, 11) is 0. The Morgan fingerprint density at radius 2 is 2.00 bits per heavy atom. The summed E-state index contributed by atoms with van der Waals surface area (Å²) in [4.78, 5) is 12.1. The molecule has 28 heavy (non-hydrogen) atoms. The smallest absolute Gasteiger partial charge is 0.161 e. The lowest BCUT2D eigenvalue weighted by molar-refractivity contribution is 0.226. The third kappa shape index (κ3) is 3.08. The van der Waals surface area contributed by atoms with Crippen LogP contribution < -0.4 is 0 Å². The van der Waals surface area contributed by atoms with Crippen LogP contribution in [-0.4, -0.2) is 26.8 Å². The van der Waals surface area contributed by atoms with E-state index in [4.69, 9.17) is 9.41 Å². The minimum Gasteiger partial charge on any atom is -0.459 e. The van der Waals surface area contributed by atoms with Gasteiger partial charge in [-0.15, -0.1) is 0 Å². The van der Waals surface area contributed by atoms with E-state index in [-0.39, 0.29) is 12.1 Å². The number of thioether (sulfide) groups is 1. The highest BCUT2D eigenvalue weighted by Gasteiger charge is 2.46. The maximum atomic E-state index is 6.38. The van der Waals surface area contributed by atoms with Crippen LogP contribution >= 0.6 is 27.7 Å². The van der Waals surface area contributed by atoms with Gasteiger partial charge in [-0.25, -0.2) is 4.99 Å². The molecule has 0 amide bonds. The molecule has 3 aromatic rings. The highest BCUT2D eigenvalue weighted by Crippen LogP contribution is 2.49. The summed E-state index contributed by atoms with van der Waals surface area (Å²) in [6.07, 6.45) is 2.94. The highest BCUT2D eigenvalue weighted by atomic mass is 79.9. The molecule has 6 heteroatoms. The number of aliphatic imine (C=N–C) groups is 1. The van der Waals surface area contributed by atoms with Crippen molar-refractivity contribution in [2.24, 2.45) is 4.99 Å². The molecule has 4 heterocycles. The molecule has 2 aliphatic rings. The number of pyridine rings is 1. The van der Waals surface area contributed by atoms with Gasteiger partial charge in [0.1, 0.15) is 23.6 Å². The van der Waals surface area contributed by atoms with E-state index in [0.717, 1.165) is 44.6 Å². The molecule has 1 fully saturated rings. The average molecular weight is 454 g/mol. The lowest BCUT2D eigenvalue weighted by Gasteiger charge is -2.30. The zero-order chi connectivity index (χ0) is 19.1. The van der Waals surface area contributed by atoms with Crippen molar-refractivity contribution in [1.29, 1.82) is 0 Å². The predicted molar refractivity (Wildman–Crippen MR) is 117 cm³/mol. The standard InChI is InChI=1S/C22H20BrN3OS/c1-2-16-13-28-22-25-20(17-5-3-4-12-24-17)21(26(16)22)19-11-10-18(27-19)14-6-8-15(23)9-7-14/h3-12,16,20-21H,2,13H2,1H3/t16-,20+,21+/m1/s1. The van der Waals surface area contributed by atoms with Crippen molar-refractivity contribution in [2.75, 3.05) is 5.75 Å². The van der Waals surface area contributed by atoms with E-state index in [0.29, 0.717) is 6.04 Å². The van der Waals surface area contributed by atoms with Crippen molar-refractivity contribution in [2.45, 2.75) is 31.5 Å². The molecule has 0 bridgehead atoms. The van der Waals surface area contributed by atoms with Crippen LogP contribution in [0.15, 0.2) is 74.7 Å². The van der Waals surface area contributed by atoms with Crippen LogP contribution in [0.25, 0.3) is 11.3 Å². The second kappa shape index (κ2) is 7.41. The first-order chi connectivity index (χ1) is 13.7. The first kappa shape index (κ1) is 18.0. The van der Waals surface area contributed by atoms with Gasteiger partial charge in [-0.2, -0.15) is 0 Å². The van der Waals surface area contributed by atoms with E-state index >= 15 is 0 Å². The van der Waals surface area contributed by atoms with Crippen molar-refractivity contribution in [3.05, 3.63) is 76.7 Å². The topological polar surface area (TPSA) is 41.6 Å². The molecule has 142 valence electrons. The van der Waals surface area contributed by atoms with Crippen molar-refractivity contribution in [3.8, 4) is 11.3 Å². The first-order valence-electron chi connectivity index (χ1n) is 9.50. The summed E-state index contributed by atoms with van der Waals surface area (Å²) < 4.78 is 7.44. The van der Waals surface area contributed by atoms with Crippen LogP contribution in [0.2, 0.25) is 0 Å². The summed E-state index contributed by atoms with van der Waals surface area (Å²) in [6.45, 7) is 2.24. The third-order valence-corrected chi connectivity index (χ3v) is 7.03. The van der Waals surface area contributed by atoms with Crippen molar-refractivity contribution >= 4 is 32.9 Å². The van der Waals surface area contributed by atoms with Crippen LogP contribution in [0.4, 0.5) is 0 Å². The van der Waals surface area contributed by atoms with Gasteiger partial charge < -0.3 is 9.32 Å². The molecule has 3 atom stereocenters. The summed E-state index contributed by atoms with van der Waals surface area (Å²) in [5.74, 6) is 2.92. The Kier molecular flexibility index (Phi) is 4.77. The molecule has 0 N–H and O–H groups in total. The Hall–Kier alpha value is -2.05. The maximum absolute atomic E-state index is 6.38. The lowest BCUT2D eigenvalue weighted by Crippen LogP contribution is -2.35. The SMILES string of the molecule is CC[C@@H]1CSC2=N[C@@H](c3ccccn3)[C@H](c3ccc(-c4ccc(Br)cc4)o3)N21. The monoisotopic (exact) mass is 453 g/mol. The van der Waals surface area contributed by atoms with E-state index in [2.05, 4.69) is 63.1 Å². The largest absolute Gasteiger partial charge is 0.459 e. The predicted octanol–water partition coefficient (Wildman–Crippen LogP) is 6.08. The fourth-order valence-corrected chi connectivity index (χ4v) is 5.54. The van der Waals surface area contributed by atoms with Crippen LogP contribution in [0.5, 0.6) is 0 Å². The molecule has 1 saturated heterocycles. The number of amidine groups is 1. The highest BCUT2D eigenvalue weighted by molar-refractivity contribution is 9.10. The summed E-state index contributed by atoms with van der Waals surface area (Å²) in [6, 6.07) is 18.9. The van der Waals surface area contributed by atoms with E-state index in [9.17, 15) is 0 Å². The van der Waals surface area contributed by atoms with Crippen LogP contribution in [0.3, 0.4) is 0 Å². The molecular formula is C22H20BrN3OS. The number of hydrogen-bond donors (Lipinski definition) is 0. The van der Waals surface area contributed by atoms with Gasteiger partial charge in [0.25, 0.3) is 0 Å². The van der Waals surface area contributed by atoms with Gasteiger partial charge in [0, 0.05) is 28.0 Å². The number of rotatable bonds is 4. The number of nitrogens with zero attached hydrogens (tertiary/aromatic N) is 3. The molecule has 1 aromatic carbocycles. The molecular weight excluding hydrogens is 434 g/mol. The number of fused-ring (bicyclic) bond motifs is 1. The van der Waals surface area contributed by atoms with Crippen LogP contribution in [0, 0.1) is 0 Å². The zero-order valence-corrected chi connectivity index (χ0v) is 17.9. The van der Waals surface area contributed by atoms with E-state index in [1.807, 2.05) is 42.2 Å². The fraction of sp³-hybridized carbons (Fsp3) is 0.273. The second-order valence-corrected chi connectivity index (χ2v) is 8.95. The Balaban J connectivity index is 1.55. The molecule has 0 saturated carbocycles. The summed E-state index contributed by atoms with van der Waals surface area (Å²) in [5.41, 5.74) is 2.07. The number of hydrogen-bond acceptors (Lipinski definition) is 5. The molecule has 0 radical (unpaired) electrons. The third-order valence-electron chi connectivity index (χ3n) is 5.38. The minimum atomic E-state index is -0.0398. The Bertz CT molecular complexity index is 1000. The molecule has 2 aliphatic heterocycles. The minimum absolute atomic E-state index is 0.0398. The number of benzene rings is 1. The van der Waals surface area contributed by atoms with Crippen molar-refractivity contribution in [1.82, 2.24) is 9.88 Å². The van der Waals surface area contributed by atoms with Crippen molar-refractivity contribution < 1.29 is 4.42 Å². The molecule has 2 aromatic heterocycles. The Morgan fingerprint density at radius 3 is 2.75 bits per heavy atom. The van der Waals surface area contributed by atoms with Gasteiger partial charge in [-0.1, -0.05) is 52.8 Å². The molecule has 0 aliphatic carbocycles. The van der Waals surface area contributed by atoms with Crippen molar-refractivity contribution in [3.63, 3.8) is 0 Å². The van der Waals surface area contributed by atoms with Gasteiger partial charge in [0.2, 0.25) is 0 Å². The summed E-state index contributed by atoms with van der Waals surface area (Å²) >= 11 is 5.34. The number of halogens is 1. The Morgan fingerprint density at radius 1 is 1.14 bits per heavy atom.